The number of allylic oxidation sites excluding steroid dienone is 4. The Morgan fingerprint density at radius 2 is 0.918 bits per heavy atom. The van der Waals surface area contributed by atoms with Crippen molar-refractivity contribution in [3.63, 3.8) is 0 Å². The number of ether oxygens (including phenoxy) is 2. The minimum atomic E-state index is -1.92. The summed E-state index contributed by atoms with van der Waals surface area (Å²) in [5, 5.41) is 0. The van der Waals surface area contributed by atoms with Gasteiger partial charge in [-0.1, -0.05) is 0 Å². The molecule has 2 aliphatic heterocycles. The van der Waals surface area contributed by atoms with E-state index in [9.17, 15) is 0 Å². The van der Waals surface area contributed by atoms with Crippen LogP contribution < -0.4 is 17.4 Å². The summed E-state index contributed by atoms with van der Waals surface area (Å²) in [5.41, 5.74) is 10.1. The molecule has 3 aliphatic rings. The van der Waals surface area contributed by atoms with Gasteiger partial charge in [0.05, 0.1) is 0 Å². The van der Waals surface area contributed by atoms with Gasteiger partial charge >= 0.3 is 296 Å². The molecular formula is C46H37O2Pt. The molecule has 6 aromatic rings. The van der Waals surface area contributed by atoms with Crippen LogP contribution in [-0.4, -0.2) is 0 Å². The van der Waals surface area contributed by atoms with Crippen LogP contribution in [0.5, 0.6) is 23.0 Å². The van der Waals surface area contributed by atoms with Crippen molar-refractivity contribution in [2.45, 2.75) is 38.5 Å². The van der Waals surface area contributed by atoms with Crippen molar-refractivity contribution in [3.8, 4) is 45.3 Å². The number of para-hydroxylation sites is 2. The standard InChI is InChI=1S/2C19H13O.C8H11.Pt/c2*1-2-7-14(8-3-1)16-10-6-12-19-17(16)13-15-9-4-5-11-18(15)20-19;1-2-4-6-8-7-5-3-1;/h2*2-12H,13H2;1-2,7H,3-6H2;. The minimum absolute atomic E-state index is 0.887. The molecule has 243 valence electrons. The zero-order chi connectivity index (χ0) is 32.6. The second-order valence-electron chi connectivity index (χ2n) is 12.7. The number of fused-ring (bicyclic) bond motifs is 4. The molecule has 2 nitrogen and oxygen atoms in total. The van der Waals surface area contributed by atoms with Crippen LogP contribution in [0.3, 0.4) is 0 Å². The Labute approximate surface area is 295 Å². The SMILES string of the molecule is C1=CCC[C]([Pt]([c]2ccc(-c3cccc4c3Cc3ccccc3O4)cc2)[c]2ccc(-c3cccc4c3Cc3ccccc3O4)cc2)=CCC1. The molecule has 0 aromatic heterocycles. The first-order valence-corrected chi connectivity index (χ1v) is 20.6. The van der Waals surface area contributed by atoms with Crippen LogP contribution in [0.15, 0.2) is 156 Å². The summed E-state index contributed by atoms with van der Waals surface area (Å²) in [5.74, 6) is 3.88. The molecule has 49 heavy (non-hydrogen) atoms. The van der Waals surface area contributed by atoms with Crippen molar-refractivity contribution < 1.29 is 26.8 Å². The van der Waals surface area contributed by atoms with Gasteiger partial charge in [-0.05, 0) is 0 Å². The molecule has 0 radical (unpaired) electrons. The summed E-state index contributed by atoms with van der Waals surface area (Å²) in [6, 6.07) is 48.8. The van der Waals surface area contributed by atoms with E-state index in [0.717, 1.165) is 61.5 Å². The van der Waals surface area contributed by atoms with Gasteiger partial charge < -0.3 is 0 Å². The molecule has 2 heterocycles. The van der Waals surface area contributed by atoms with Gasteiger partial charge in [-0.25, -0.2) is 0 Å². The first-order chi connectivity index (χ1) is 24.3. The maximum atomic E-state index is 6.34. The molecule has 6 aromatic carbocycles. The van der Waals surface area contributed by atoms with Gasteiger partial charge in [0, 0.05) is 0 Å². The number of rotatable bonds is 5. The van der Waals surface area contributed by atoms with Gasteiger partial charge in [0.1, 0.15) is 0 Å². The Balaban J connectivity index is 1.05. The third kappa shape index (κ3) is 5.89. The quantitative estimate of drug-likeness (QED) is 0.161. The van der Waals surface area contributed by atoms with Crippen LogP contribution >= 0.6 is 0 Å². The molecule has 0 saturated carbocycles. The van der Waals surface area contributed by atoms with E-state index in [-0.39, 0.29) is 0 Å². The first kappa shape index (κ1) is 30.2. The molecule has 0 bridgehead atoms. The molecule has 0 unspecified atom stereocenters. The van der Waals surface area contributed by atoms with Crippen LogP contribution in [0.1, 0.15) is 47.9 Å². The number of hydrogen-bond donors (Lipinski definition) is 0. The van der Waals surface area contributed by atoms with Crippen molar-refractivity contribution in [3.05, 3.63) is 178 Å². The zero-order valence-electron chi connectivity index (χ0n) is 27.3. The number of hydrogen-bond acceptors (Lipinski definition) is 2. The van der Waals surface area contributed by atoms with Crippen LogP contribution in [-0.2, 0) is 30.2 Å². The summed E-state index contributed by atoms with van der Waals surface area (Å²) in [6.07, 6.45) is 13.6. The van der Waals surface area contributed by atoms with E-state index in [1.807, 2.05) is 12.1 Å². The van der Waals surface area contributed by atoms with Crippen LogP contribution in [0.2, 0.25) is 0 Å². The number of benzene rings is 6. The van der Waals surface area contributed by atoms with Crippen LogP contribution in [0, 0.1) is 0 Å². The average molecular weight is 817 g/mol. The van der Waals surface area contributed by atoms with E-state index in [1.165, 1.54) is 52.4 Å². The molecule has 0 fully saturated rings. The molecule has 0 saturated heterocycles. The first-order valence-electron chi connectivity index (χ1n) is 17.2. The van der Waals surface area contributed by atoms with E-state index >= 15 is 0 Å². The van der Waals surface area contributed by atoms with Gasteiger partial charge in [-0.2, -0.15) is 0 Å². The van der Waals surface area contributed by atoms with E-state index in [1.54, 1.807) is 3.96 Å². The van der Waals surface area contributed by atoms with E-state index in [0.29, 0.717) is 0 Å². The summed E-state index contributed by atoms with van der Waals surface area (Å²) in [6.45, 7) is 0. The predicted octanol–water partition coefficient (Wildman–Crippen LogP) is 11.0. The zero-order valence-corrected chi connectivity index (χ0v) is 29.6. The van der Waals surface area contributed by atoms with Crippen molar-refractivity contribution in [1.82, 2.24) is 0 Å². The fraction of sp³-hybridized carbons (Fsp3) is 0.130. The fourth-order valence-corrected chi connectivity index (χ4v) is 13.6. The van der Waals surface area contributed by atoms with Crippen molar-refractivity contribution >= 4 is 7.91 Å². The molecular weight excluding hydrogens is 780 g/mol. The fourth-order valence-electron chi connectivity index (χ4n) is 7.15. The summed E-state index contributed by atoms with van der Waals surface area (Å²) in [4.78, 5) is 0. The molecule has 3 heteroatoms. The molecule has 0 spiro atoms. The Hall–Kier alpha value is -4.91. The topological polar surface area (TPSA) is 18.5 Å². The average Bonchev–Trinajstić information content (AvgIpc) is 3.14. The van der Waals surface area contributed by atoms with Gasteiger partial charge in [-0.3, -0.25) is 0 Å². The summed E-state index contributed by atoms with van der Waals surface area (Å²) < 4.78 is 17.3. The summed E-state index contributed by atoms with van der Waals surface area (Å²) in [7, 11) is 0. The van der Waals surface area contributed by atoms with E-state index < -0.39 is 17.3 Å². The maximum absolute atomic E-state index is 6.34. The Bertz CT molecular complexity index is 2080. The third-order valence-corrected chi connectivity index (χ3v) is 16.2. The Morgan fingerprint density at radius 1 is 0.429 bits per heavy atom. The molecule has 0 N–H and O–H groups in total. The Kier molecular flexibility index (Phi) is 8.12. The monoisotopic (exact) mass is 816 g/mol. The molecule has 0 amide bonds. The van der Waals surface area contributed by atoms with Gasteiger partial charge in [0.15, 0.2) is 0 Å². The van der Waals surface area contributed by atoms with Crippen molar-refractivity contribution in [2.75, 3.05) is 0 Å². The van der Waals surface area contributed by atoms with Crippen molar-refractivity contribution in [2.24, 2.45) is 0 Å². The Morgan fingerprint density at radius 3 is 1.47 bits per heavy atom. The van der Waals surface area contributed by atoms with Crippen LogP contribution in [0.4, 0.5) is 0 Å². The predicted molar refractivity (Wildman–Crippen MR) is 197 cm³/mol. The van der Waals surface area contributed by atoms with Gasteiger partial charge in [0.2, 0.25) is 0 Å². The molecule has 1 aliphatic carbocycles. The second kappa shape index (κ2) is 13.2. The second-order valence-corrected chi connectivity index (χ2v) is 18.5. The van der Waals surface area contributed by atoms with E-state index in [2.05, 4.69) is 140 Å². The van der Waals surface area contributed by atoms with Gasteiger partial charge in [-0.15, -0.1) is 0 Å². The van der Waals surface area contributed by atoms with Crippen LogP contribution in [0.25, 0.3) is 22.3 Å². The summed E-state index contributed by atoms with van der Waals surface area (Å²) >= 11 is -1.92. The molecule has 0 atom stereocenters. The molecule has 9 rings (SSSR count). The third-order valence-electron chi connectivity index (χ3n) is 9.61. The van der Waals surface area contributed by atoms with Crippen molar-refractivity contribution in [1.29, 1.82) is 0 Å². The van der Waals surface area contributed by atoms with E-state index in [4.69, 9.17) is 9.47 Å². The van der Waals surface area contributed by atoms with Gasteiger partial charge in [0.25, 0.3) is 0 Å². The normalized spacial score (nSPS) is 14.8.